The zero-order valence-electron chi connectivity index (χ0n) is 25.4. The molecule has 4 aliphatic rings. The van der Waals surface area contributed by atoms with Gasteiger partial charge in [0.15, 0.2) is 0 Å². The van der Waals surface area contributed by atoms with Gasteiger partial charge in [-0.25, -0.2) is 0 Å². The van der Waals surface area contributed by atoms with Gasteiger partial charge in [0.25, 0.3) is 0 Å². The van der Waals surface area contributed by atoms with Crippen LogP contribution in [0.1, 0.15) is 144 Å². The fourth-order valence-corrected chi connectivity index (χ4v) is 9.97. The lowest BCUT2D eigenvalue weighted by molar-refractivity contribution is -0.0641. The Hall–Kier alpha value is -0.340. The van der Waals surface area contributed by atoms with Gasteiger partial charge in [0, 0.05) is 13.2 Å². The number of ether oxygens (including phenoxy) is 1. The lowest BCUT2D eigenvalue weighted by Crippen LogP contribution is -2.51. The van der Waals surface area contributed by atoms with Gasteiger partial charge in [-0.2, -0.15) is 0 Å². The van der Waals surface area contributed by atoms with Crippen molar-refractivity contribution < 1.29 is 9.84 Å². The van der Waals surface area contributed by atoms with Crippen molar-refractivity contribution in [3.8, 4) is 0 Å². The van der Waals surface area contributed by atoms with Crippen LogP contribution in [-0.2, 0) is 4.74 Å². The van der Waals surface area contributed by atoms with Crippen molar-refractivity contribution in [2.45, 2.75) is 150 Å². The second-order valence-electron chi connectivity index (χ2n) is 14.9. The van der Waals surface area contributed by atoms with Crippen molar-refractivity contribution in [1.82, 2.24) is 0 Å². The average molecular weight is 515 g/mol. The molecule has 8 atom stereocenters. The van der Waals surface area contributed by atoms with E-state index < -0.39 is 0 Å². The average Bonchev–Trinajstić information content (AvgIpc) is 3.22. The molecule has 37 heavy (non-hydrogen) atoms. The fraction of sp³-hybridized carbons (Fsp3) is 0.943. The van der Waals surface area contributed by atoms with Gasteiger partial charge in [0.2, 0.25) is 0 Å². The number of hydrogen-bond acceptors (Lipinski definition) is 2. The molecule has 2 heteroatoms. The van der Waals surface area contributed by atoms with Crippen LogP contribution in [0.5, 0.6) is 0 Å². The summed E-state index contributed by atoms with van der Waals surface area (Å²) in [6.07, 6.45) is 25.8. The van der Waals surface area contributed by atoms with Gasteiger partial charge in [0.05, 0.1) is 6.10 Å². The number of aliphatic hydroxyl groups excluding tert-OH is 1. The second kappa shape index (κ2) is 13.3. The Morgan fingerprint density at radius 2 is 1.62 bits per heavy atom. The number of fused-ring (bicyclic) bond motifs is 5. The molecule has 4 rings (SSSR count). The second-order valence-corrected chi connectivity index (χ2v) is 14.9. The third-order valence-corrected chi connectivity index (χ3v) is 12.2. The van der Waals surface area contributed by atoms with Crippen molar-refractivity contribution in [2.24, 2.45) is 46.3 Å². The van der Waals surface area contributed by atoms with E-state index in [0.29, 0.717) is 23.5 Å². The molecule has 3 saturated carbocycles. The minimum absolute atomic E-state index is 0.347. The fourth-order valence-electron chi connectivity index (χ4n) is 9.97. The summed E-state index contributed by atoms with van der Waals surface area (Å²) in [6.45, 7) is 14.0. The molecule has 0 heterocycles. The highest BCUT2D eigenvalue weighted by Gasteiger charge is 2.59. The van der Waals surface area contributed by atoms with Gasteiger partial charge < -0.3 is 9.84 Å². The van der Waals surface area contributed by atoms with E-state index in [9.17, 15) is 0 Å². The summed E-state index contributed by atoms with van der Waals surface area (Å²) in [5, 5.41) is 8.91. The maximum absolute atomic E-state index is 8.91. The van der Waals surface area contributed by atoms with Crippen LogP contribution >= 0.6 is 0 Å². The number of allylic oxidation sites excluding steroid dienone is 1. The molecule has 1 N–H and O–H groups in total. The lowest BCUT2D eigenvalue weighted by Gasteiger charge is -2.58. The maximum Gasteiger partial charge on any atom is 0.0612 e. The highest BCUT2D eigenvalue weighted by atomic mass is 16.5. The number of hydrogen-bond donors (Lipinski definition) is 1. The topological polar surface area (TPSA) is 29.5 Å². The van der Waals surface area contributed by atoms with Gasteiger partial charge >= 0.3 is 0 Å². The van der Waals surface area contributed by atoms with Gasteiger partial charge in [-0.15, -0.1) is 0 Å². The highest BCUT2D eigenvalue weighted by Crippen LogP contribution is 2.67. The molecule has 0 aromatic heterocycles. The van der Waals surface area contributed by atoms with Crippen molar-refractivity contribution >= 4 is 0 Å². The van der Waals surface area contributed by atoms with E-state index in [1.54, 1.807) is 5.57 Å². The van der Waals surface area contributed by atoms with Crippen LogP contribution < -0.4 is 0 Å². The molecule has 3 fully saturated rings. The Morgan fingerprint density at radius 3 is 2.38 bits per heavy atom. The highest BCUT2D eigenvalue weighted by molar-refractivity contribution is 5.25. The van der Waals surface area contributed by atoms with Crippen molar-refractivity contribution in [1.29, 1.82) is 0 Å². The van der Waals surface area contributed by atoms with Crippen LogP contribution in [0.15, 0.2) is 11.6 Å². The Morgan fingerprint density at radius 1 is 0.865 bits per heavy atom. The summed E-state index contributed by atoms with van der Waals surface area (Å²) in [4.78, 5) is 0. The summed E-state index contributed by atoms with van der Waals surface area (Å²) >= 11 is 0. The first-order chi connectivity index (χ1) is 17.8. The van der Waals surface area contributed by atoms with Crippen molar-refractivity contribution in [2.75, 3.05) is 13.2 Å². The summed E-state index contributed by atoms with van der Waals surface area (Å²) in [5.74, 6) is 5.53. The molecule has 0 amide bonds. The van der Waals surface area contributed by atoms with Crippen LogP contribution in [-0.4, -0.2) is 24.4 Å². The quantitative estimate of drug-likeness (QED) is 0.185. The molecule has 0 radical (unpaired) electrons. The van der Waals surface area contributed by atoms with Crippen LogP contribution in [0.2, 0.25) is 0 Å². The predicted molar refractivity (Wildman–Crippen MR) is 158 cm³/mol. The first-order valence-electron chi connectivity index (χ1n) is 16.7. The molecule has 0 aromatic rings. The summed E-state index contributed by atoms with van der Waals surface area (Å²) < 4.78 is 6.43. The standard InChI is InChI=1S/C35H62O2/c1-26(2)13-12-14-27(3)31-17-18-32-30-16-15-28-25-29(37-24-11-9-7-6-8-10-23-36)19-21-34(28,4)33(30)20-22-35(31,32)5/h15,26-27,29-33,36H,6-14,16-25H2,1-5H3/t27-,29?,30+,31-,32?,33?,34+,35-/m1/s1. The normalized spacial score (nSPS) is 38.1. The molecule has 0 aliphatic heterocycles. The minimum atomic E-state index is 0.347. The molecule has 3 unspecified atom stereocenters. The van der Waals surface area contributed by atoms with E-state index >= 15 is 0 Å². The predicted octanol–water partition coefficient (Wildman–Crippen LogP) is 9.75. The van der Waals surface area contributed by atoms with E-state index in [-0.39, 0.29) is 0 Å². The van der Waals surface area contributed by atoms with E-state index in [1.807, 2.05) is 0 Å². The Labute approximate surface area is 230 Å². The summed E-state index contributed by atoms with van der Waals surface area (Å²) in [5.41, 5.74) is 2.81. The van der Waals surface area contributed by atoms with Gasteiger partial charge in [-0.05, 0) is 111 Å². The van der Waals surface area contributed by atoms with E-state index in [4.69, 9.17) is 9.84 Å². The first kappa shape index (κ1) is 29.6. The zero-order valence-corrected chi connectivity index (χ0v) is 25.4. The maximum atomic E-state index is 8.91. The molecule has 0 spiro atoms. The van der Waals surface area contributed by atoms with E-state index in [0.717, 1.165) is 48.5 Å². The zero-order chi connectivity index (χ0) is 26.5. The lowest BCUT2D eigenvalue weighted by atomic mass is 9.47. The summed E-state index contributed by atoms with van der Waals surface area (Å²) in [7, 11) is 0. The first-order valence-corrected chi connectivity index (χ1v) is 16.7. The SMILES string of the molecule is CC(C)CCC[C@@H](C)[C@H]1CCC2[C@@H]3CC=C4CC(OCCCCCCCCO)CC[C@]4(C)C3CC[C@@]21C. The largest absolute Gasteiger partial charge is 0.396 e. The Kier molecular flexibility index (Phi) is 10.7. The molecule has 214 valence electrons. The molecule has 0 bridgehead atoms. The number of aliphatic hydroxyl groups is 1. The summed E-state index contributed by atoms with van der Waals surface area (Å²) in [6, 6.07) is 0. The van der Waals surface area contributed by atoms with E-state index in [1.165, 1.54) is 103 Å². The van der Waals surface area contributed by atoms with Gasteiger partial charge in [-0.1, -0.05) is 91.2 Å². The molecular formula is C35H62O2. The molecule has 4 aliphatic carbocycles. The minimum Gasteiger partial charge on any atom is -0.396 e. The van der Waals surface area contributed by atoms with Gasteiger partial charge in [-0.3, -0.25) is 0 Å². The number of rotatable bonds is 14. The van der Waals surface area contributed by atoms with Crippen LogP contribution in [0.25, 0.3) is 0 Å². The van der Waals surface area contributed by atoms with Gasteiger partial charge in [0.1, 0.15) is 0 Å². The third kappa shape index (κ3) is 6.70. The van der Waals surface area contributed by atoms with Crippen molar-refractivity contribution in [3.05, 3.63) is 11.6 Å². The Bertz CT molecular complexity index is 727. The smallest absolute Gasteiger partial charge is 0.0612 e. The molecule has 2 nitrogen and oxygen atoms in total. The molecule has 0 aromatic carbocycles. The third-order valence-electron chi connectivity index (χ3n) is 12.2. The molecular weight excluding hydrogens is 452 g/mol. The monoisotopic (exact) mass is 514 g/mol. The Balaban J connectivity index is 1.29. The number of unbranched alkanes of at least 4 members (excludes halogenated alkanes) is 5. The molecule has 0 saturated heterocycles. The van der Waals surface area contributed by atoms with Crippen LogP contribution in [0.3, 0.4) is 0 Å². The van der Waals surface area contributed by atoms with Crippen LogP contribution in [0, 0.1) is 46.3 Å². The van der Waals surface area contributed by atoms with E-state index in [2.05, 4.69) is 40.7 Å². The van der Waals surface area contributed by atoms with Crippen LogP contribution in [0.4, 0.5) is 0 Å². The van der Waals surface area contributed by atoms with Crippen molar-refractivity contribution in [3.63, 3.8) is 0 Å².